The number of carbonyl (C=O) groups is 1. The summed E-state index contributed by atoms with van der Waals surface area (Å²) in [7, 11) is 3.03. The number of aliphatic hydroxyl groups excluding tert-OH is 1. The first-order valence-corrected chi connectivity index (χ1v) is 5.64. The predicted octanol–water partition coefficient (Wildman–Crippen LogP) is 1.21. The Kier molecular flexibility index (Phi) is 5.25. The summed E-state index contributed by atoms with van der Waals surface area (Å²) in [5.74, 6) is -0.740. The maximum absolute atomic E-state index is 13.3. The second kappa shape index (κ2) is 6.47. The van der Waals surface area contributed by atoms with E-state index in [0.717, 1.165) is 0 Å². The van der Waals surface area contributed by atoms with Gasteiger partial charge in [0.15, 0.2) is 0 Å². The van der Waals surface area contributed by atoms with Crippen LogP contribution in [-0.2, 0) is 4.74 Å². The molecule has 1 unspecified atom stereocenters. The zero-order valence-electron chi connectivity index (χ0n) is 10.8. The Morgan fingerprint density at radius 3 is 2.78 bits per heavy atom. The van der Waals surface area contributed by atoms with Gasteiger partial charge in [-0.1, -0.05) is 6.07 Å². The molecule has 0 saturated heterocycles. The van der Waals surface area contributed by atoms with Crippen LogP contribution in [0.15, 0.2) is 18.2 Å². The van der Waals surface area contributed by atoms with E-state index < -0.39 is 11.9 Å². The summed E-state index contributed by atoms with van der Waals surface area (Å²) in [6.45, 7) is 1.93. The number of likely N-dealkylation sites (N-methyl/N-ethyl adjacent to an activating group) is 1. The number of benzene rings is 1. The van der Waals surface area contributed by atoms with Crippen molar-refractivity contribution in [2.75, 3.05) is 27.3 Å². The highest BCUT2D eigenvalue weighted by Crippen LogP contribution is 2.11. The summed E-state index contributed by atoms with van der Waals surface area (Å²) in [5.41, 5.74) is 0.763. The number of nitrogens with zero attached hydrogens (tertiary/aromatic N) is 1. The van der Waals surface area contributed by atoms with Gasteiger partial charge in [-0.15, -0.1) is 0 Å². The van der Waals surface area contributed by atoms with Crippen molar-refractivity contribution >= 4 is 5.91 Å². The molecule has 1 rings (SSSR count). The van der Waals surface area contributed by atoms with Crippen LogP contribution in [0.5, 0.6) is 0 Å². The molecule has 0 aliphatic rings. The Morgan fingerprint density at radius 2 is 2.22 bits per heavy atom. The first-order valence-electron chi connectivity index (χ1n) is 5.64. The second-order valence-electron chi connectivity index (χ2n) is 4.26. The van der Waals surface area contributed by atoms with Gasteiger partial charge in [0, 0.05) is 26.3 Å². The molecule has 0 fully saturated rings. The largest absolute Gasteiger partial charge is 0.389 e. The van der Waals surface area contributed by atoms with Crippen molar-refractivity contribution in [3.8, 4) is 0 Å². The van der Waals surface area contributed by atoms with E-state index in [0.29, 0.717) is 5.56 Å². The number of carbonyl (C=O) groups excluding carboxylic acids is 1. The van der Waals surface area contributed by atoms with Crippen molar-refractivity contribution in [3.63, 3.8) is 0 Å². The normalized spacial score (nSPS) is 12.3. The first-order chi connectivity index (χ1) is 8.45. The Labute approximate surface area is 106 Å². The number of ether oxygens (including phenoxy) is 1. The van der Waals surface area contributed by atoms with E-state index in [-0.39, 0.29) is 24.6 Å². The van der Waals surface area contributed by atoms with Gasteiger partial charge in [-0.25, -0.2) is 4.39 Å². The maximum atomic E-state index is 13.3. The molecule has 1 atom stereocenters. The Balaban J connectivity index is 2.71. The monoisotopic (exact) mass is 255 g/mol. The van der Waals surface area contributed by atoms with Crippen LogP contribution >= 0.6 is 0 Å². The van der Waals surface area contributed by atoms with E-state index >= 15 is 0 Å². The van der Waals surface area contributed by atoms with Crippen LogP contribution in [0.2, 0.25) is 0 Å². The van der Waals surface area contributed by atoms with Gasteiger partial charge in [0.2, 0.25) is 0 Å². The van der Waals surface area contributed by atoms with Gasteiger partial charge in [-0.3, -0.25) is 4.79 Å². The van der Waals surface area contributed by atoms with Gasteiger partial charge in [0.25, 0.3) is 5.91 Å². The minimum Gasteiger partial charge on any atom is -0.389 e. The first kappa shape index (κ1) is 14.6. The van der Waals surface area contributed by atoms with Crippen molar-refractivity contribution < 1.29 is 19.0 Å². The summed E-state index contributed by atoms with van der Waals surface area (Å²) >= 11 is 0. The number of aryl methyl sites for hydroxylation is 1. The van der Waals surface area contributed by atoms with Gasteiger partial charge in [0.1, 0.15) is 5.82 Å². The van der Waals surface area contributed by atoms with Crippen molar-refractivity contribution in [1.29, 1.82) is 0 Å². The van der Waals surface area contributed by atoms with Crippen LogP contribution in [0.25, 0.3) is 0 Å². The molecule has 0 bridgehead atoms. The molecule has 0 aliphatic carbocycles. The molecule has 0 aliphatic heterocycles. The molecule has 100 valence electrons. The van der Waals surface area contributed by atoms with E-state index in [1.807, 2.05) is 0 Å². The fourth-order valence-corrected chi connectivity index (χ4v) is 1.59. The van der Waals surface area contributed by atoms with Crippen molar-refractivity contribution in [3.05, 3.63) is 35.1 Å². The molecular weight excluding hydrogens is 237 g/mol. The van der Waals surface area contributed by atoms with Crippen molar-refractivity contribution in [2.45, 2.75) is 13.0 Å². The standard InChI is InChI=1S/C13H18FNO3/c1-9-4-5-10(6-12(9)14)13(17)15(2)7-11(16)8-18-3/h4-6,11,16H,7-8H2,1-3H3. The molecule has 1 aromatic carbocycles. The number of hydrogen-bond acceptors (Lipinski definition) is 3. The zero-order valence-corrected chi connectivity index (χ0v) is 10.8. The van der Waals surface area contributed by atoms with Crippen LogP contribution in [0.1, 0.15) is 15.9 Å². The molecule has 0 aromatic heterocycles. The molecule has 1 amide bonds. The van der Waals surface area contributed by atoms with Gasteiger partial charge in [0.05, 0.1) is 12.7 Å². The summed E-state index contributed by atoms with van der Waals surface area (Å²) in [6, 6.07) is 4.33. The van der Waals surface area contributed by atoms with E-state index in [9.17, 15) is 14.3 Å². The lowest BCUT2D eigenvalue weighted by atomic mass is 10.1. The number of aliphatic hydroxyl groups is 1. The molecular formula is C13H18FNO3. The predicted molar refractivity (Wildman–Crippen MR) is 66.0 cm³/mol. The Morgan fingerprint density at radius 1 is 1.56 bits per heavy atom. The molecule has 18 heavy (non-hydrogen) atoms. The van der Waals surface area contributed by atoms with Crippen molar-refractivity contribution in [2.24, 2.45) is 0 Å². The number of hydrogen-bond donors (Lipinski definition) is 1. The summed E-state index contributed by atoms with van der Waals surface area (Å²) in [5, 5.41) is 9.52. The Hall–Kier alpha value is -1.46. The van der Waals surface area contributed by atoms with E-state index in [2.05, 4.69) is 0 Å². The topological polar surface area (TPSA) is 49.8 Å². The summed E-state index contributed by atoms with van der Waals surface area (Å²) in [6.07, 6.45) is -0.751. The van der Waals surface area contributed by atoms with Gasteiger partial charge in [-0.05, 0) is 24.6 Å². The molecule has 0 spiro atoms. The highest BCUT2D eigenvalue weighted by Gasteiger charge is 2.16. The lowest BCUT2D eigenvalue weighted by Crippen LogP contribution is -2.36. The van der Waals surface area contributed by atoms with Crippen LogP contribution in [0, 0.1) is 12.7 Å². The molecule has 5 heteroatoms. The van der Waals surface area contributed by atoms with Gasteiger partial charge < -0.3 is 14.7 Å². The van der Waals surface area contributed by atoms with Gasteiger partial charge in [-0.2, -0.15) is 0 Å². The van der Waals surface area contributed by atoms with Crippen LogP contribution in [-0.4, -0.2) is 49.3 Å². The van der Waals surface area contributed by atoms with Crippen LogP contribution in [0.4, 0.5) is 4.39 Å². The summed E-state index contributed by atoms with van der Waals surface area (Å²) in [4.78, 5) is 13.3. The third-order valence-electron chi connectivity index (χ3n) is 2.61. The molecule has 0 heterocycles. The fourth-order valence-electron chi connectivity index (χ4n) is 1.59. The highest BCUT2D eigenvalue weighted by molar-refractivity contribution is 5.94. The van der Waals surface area contributed by atoms with Crippen molar-refractivity contribution in [1.82, 2.24) is 4.90 Å². The third-order valence-corrected chi connectivity index (χ3v) is 2.61. The van der Waals surface area contributed by atoms with Crippen LogP contribution < -0.4 is 0 Å². The van der Waals surface area contributed by atoms with Crippen LogP contribution in [0.3, 0.4) is 0 Å². The SMILES string of the molecule is COCC(O)CN(C)C(=O)c1ccc(C)c(F)c1. The number of methoxy groups -OCH3 is 1. The lowest BCUT2D eigenvalue weighted by molar-refractivity contribution is 0.0380. The molecule has 1 aromatic rings. The smallest absolute Gasteiger partial charge is 0.253 e. The second-order valence-corrected chi connectivity index (χ2v) is 4.26. The minimum absolute atomic E-state index is 0.141. The number of rotatable bonds is 5. The lowest BCUT2D eigenvalue weighted by Gasteiger charge is -2.20. The molecule has 1 N–H and O–H groups in total. The molecule has 0 saturated carbocycles. The fraction of sp³-hybridized carbons (Fsp3) is 0.462. The quantitative estimate of drug-likeness (QED) is 0.860. The third kappa shape index (κ3) is 3.78. The minimum atomic E-state index is -0.751. The van der Waals surface area contributed by atoms with E-state index in [1.165, 1.54) is 18.1 Å². The summed E-state index contributed by atoms with van der Waals surface area (Å²) < 4.78 is 18.1. The Bertz CT molecular complexity index is 423. The highest BCUT2D eigenvalue weighted by atomic mass is 19.1. The van der Waals surface area contributed by atoms with Gasteiger partial charge >= 0.3 is 0 Å². The average Bonchev–Trinajstić information content (AvgIpc) is 2.32. The number of halogens is 1. The zero-order chi connectivity index (χ0) is 13.7. The maximum Gasteiger partial charge on any atom is 0.253 e. The van der Waals surface area contributed by atoms with E-state index in [1.54, 1.807) is 26.1 Å². The molecule has 0 radical (unpaired) electrons. The average molecular weight is 255 g/mol. The molecule has 4 nitrogen and oxygen atoms in total. The van der Waals surface area contributed by atoms with E-state index in [4.69, 9.17) is 4.74 Å². The number of amides is 1.